The van der Waals surface area contributed by atoms with Gasteiger partial charge in [-0.05, 0) is 19.4 Å². The molecule has 0 spiro atoms. The quantitative estimate of drug-likeness (QED) is 0.258. The molecule has 152 valence electrons. The minimum absolute atomic E-state index is 0.345. The molecule has 0 rings (SSSR count). The minimum atomic E-state index is -0.653. The second-order valence-electron chi connectivity index (χ2n) is 7.24. The number of carboxylic acids is 1. The van der Waals surface area contributed by atoms with E-state index in [1.165, 1.54) is 96.3 Å². The van der Waals surface area contributed by atoms with Crippen LogP contribution >= 0.6 is 0 Å². The van der Waals surface area contributed by atoms with Gasteiger partial charge in [-0.25, -0.2) is 0 Å². The Kier molecular flexibility index (Phi) is 27.4. The summed E-state index contributed by atoms with van der Waals surface area (Å²) < 4.78 is 0. The first-order chi connectivity index (χ1) is 12.2. The van der Waals surface area contributed by atoms with Gasteiger partial charge in [0.1, 0.15) is 0 Å². The Balaban J connectivity index is 0. The fourth-order valence-electron chi connectivity index (χ4n) is 2.85. The lowest BCUT2D eigenvalue weighted by atomic mass is 10.0. The molecular formula is C22H47NO2. The predicted octanol–water partition coefficient (Wildman–Crippen LogP) is 7.08. The van der Waals surface area contributed by atoms with Crippen molar-refractivity contribution in [2.75, 3.05) is 6.54 Å². The average Bonchev–Trinajstić information content (AvgIpc) is 2.59. The van der Waals surface area contributed by atoms with E-state index in [0.717, 1.165) is 19.4 Å². The standard InChI is InChI=1S/C18H36O2.C4H11N/c1-2-3-4-5-6-7-8-9-10-11-12-13-14-15-16-17-18(19)20;1-2-3-4-5/h2-17H2,1H3,(H,19,20);2-5H2,1H3. The van der Waals surface area contributed by atoms with Crippen molar-refractivity contribution in [2.24, 2.45) is 5.73 Å². The molecule has 0 heterocycles. The Bertz CT molecular complexity index is 242. The zero-order chi connectivity index (χ0) is 19.0. The van der Waals surface area contributed by atoms with E-state index in [0.29, 0.717) is 6.42 Å². The van der Waals surface area contributed by atoms with Gasteiger partial charge in [0.05, 0.1) is 0 Å². The van der Waals surface area contributed by atoms with Gasteiger partial charge >= 0.3 is 5.97 Å². The molecule has 0 aromatic rings. The van der Waals surface area contributed by atoms with Crippen molar-refractivity contribution < 1.29 is 9.90 Å². The highest BCUT2D eigenvalue weighted by molar-refractivity contribution is 5.66. The van der Waals surface area contributed by atoms with E-state index in [2.05, 4.69) is 13.8 Å². The fraction of sp³-hybridized carbons (Fsp3) is 0.955. The van der Waals surface area contributed by atoms with Crippen molar-refractivity contribution in [3.05, 3.63) is 0 Å². The molecule has 0 amide bonds. The summed E-state index contributed by atoms with van der Waals surface area (Å²) in [7, 11) is 0. The zero-order valence-electron chi connectivity index (χ0n) is 17.4. The van der Waals surface area contributed by atoms with Crippen LogP contribution < -0.4 is 5.73 Å². The summed E-state index contributed by atoms with van der Waals surface area (Å²) in [5, 5.41) is 8.52. The number of carbonyl (C=O) groups is 1. The first-order valence-corrected chi connectivity index (χ1v) is 11.1. The number of rotatable bonds is 18. The third-order valence-corrected chi connectivity index (χ3v) is 4.55. The molecule has 3 N–H and O–H groups in total. The number of hydrogen-bond acceptors (Lipinski definition) is 2. The van der Waals surface area contributed by atoms with Crippen LogP contribution in [0.3, 0.4) is 0 Å². The highest BCUT2D eigenvalue weighted by Gasteiger charge is 1.97. The van der Waals surface area contributed by atoms with Crippen molar-refractivity contribution in [2.45, 2.75) is 129 Å². The van der Waals surface area contributed by atoms with Gasteiger partial charge in [0.25, 0.3) is 0 Å². The molecule has 0 bridgehead atoms. The molecule has 0 aromatic carbocycles. The summed E-state index contributed by atoms with van der Waals surface area (Å²) in [6, 6.07) is 0. The first-order valence-electron chi connectivity index (χ1n) is 11.1. The van der Waals surface area contributed by atoms with E-state index in [9.17, 15) is 4.79 Å². The molecule has 0 saturated carbocycles. The smallest absolute Gasteiger partial charge is 0.303 e. The summed E-state index contributed by atoms with van der Waals surface area (Å²) in [5.74, 6) is -0.653. The average molecular weight is 358 g/mol. The molecule has 0 unspecified atom stereocenters. The van der Waals surface area contributed by atoms with Gasteiger partial charge in [-0.1, -0.05) is 110 Å². The largest absolute Gasteiger partial charge is 0.481 e. The van der Waals surface area contributed by atoms with Crippen LogP contribution in [0.1, 0.15) is 129 Å². The first kappa shape index (κ1) is 26.7. The molecule has 0 aliphatic heterocycles. The van der Waals surface area contributed by atoms with Gasteiger partial charge in [-0.2, -0.15) is 0 Å². The van der Waals surface area contributed by atoms with Crippen LogP contribution in [-0.2, 0) is 4.79 Å². The second-order valence-corrected chi connectivity index (χ2v) is 7.24. The SMILES string of the molecule is CCCCCCCCCCCCCCCCCC(=O)O.CCCCN. The van der Waals surface area contributed by atoms with Gasteiger partial charge in [0, 0.05) is 6.42 Å². The van der Waals surface area contributed by atoms with Gasteiger partial charge < -0.3 is 10.8 Å². The molecule has 3 nitrogen and oxygen atoms in total. The van der Waals surface area contributed by atoms with Gasteiger partial charge in [-0.3, -0.25) is 4.79 Å². The fourth-order valence-corrected chi connectivity index (χ4v) is 2.85. The van der Waals surface area contributed by atoms with E-state index in [1.54, 1.807) is 0 Å². The molecule has 3 heteroatoms. The molecule has 0 radical (unpaired) electrons. The Morgan fingerprint density at radius 2 is 0.920 bits per heavy atom. The van der Waals surface area contributed by atoms with Crippen LogP contribution in [0.5, 0.6) is 0 Å². The molecule has 0 aliphatic carbocycles. The molecule has 0 aromatic heterocycles. The molecular weight excluding hydrogens is 310 g/mol. The van der Waals surface area contributed by atoms with E-state index >= 15 is 0 Å². The van der Waals surface area contributed by atoms with Crippen LogP contribution in [0.15, 0.2) is 0 Å². The van der Waals surface area contributed by atoms with E-state index in [-0.39, 0.29) is 0 Å². The summed E-state index contributed by atoms with van der Waals surface area (Å²) in [6.07, 6.45) is 22.6. The van der Waals surface area contributed by atoms with E-state index < -0.39 is 5.97 Å². The topological polar surface area (TPSA) is 63.3 Å². The predicted molar refractivity (Wildman–Crippen MR) is 111 cm³/mol. The molecule has 0 atom stereocenters. The normalized spacial score (nSPS) is 10.4. The maximum absolute atomic E-state index is 10.3. The van der Waals surface area contributed by atoms with Gasteiger partial charge in [0.2, 0.25) is 0 Å². The van der Waals surface area contributed by atoms with E-state index in [4.69, 9.17) is 10.8 Å². The maximum Gasteiger partial charge on any atom is 0.303 e. The molecule has 25 heavy (non-hydrogen) atoms. The summed E-state index contributed by atoms with van der Waals surface area (Å²) in [6.45, 7) is 5.25. The molecule has 0 fully saturated rings. The number of hydrogen-bond donors (Lipinski definition) is 2. The summed E-state index contributed by atoms with van der Waals surface area (Å²) in [5.41, 5.74) is 5.14. The Morgan fingerprint density at radius 3 is 1.16 bits per heavy atom. The molecule has 0 saturated heterocycles. The van der Waals surface area contributed by atoms with Gasteiger partial charge in [-0.15, -0.1) is 0 Å². The number of aliphatic carboxylic acids is 1. The Hall–Kier alpha value is -0.570. The number of carboxylic acid groups (broad SMARTS) is 1. The van der Waals surface area contributed by atoms with Crippen LogP contribution in [-0.4, -0.2) is 17.6 Å². The van der Waals surface area contributed by atoms with Crippen molar-refractivity contribution in [3.8, 4) is 0 Å². The Labute approximate surface area is 158 Å². The van der Waals surface area contributed by atoms with Crippen molar-refractivity contribution in [1.82, 2.24) is 0 Å². The van der Waals surface area contributed by atoms with Crippen LogP contribution in [0.2, 0.25) is 0 Å². The molecule has 0 aliphatic rings. The van der Waals surface area contributed by atoms with E-state index in [1.807, 2.05) is 0 Å². The highest BCUT2D eigenvalue weighted by Crippen LogP contribution is 2.13. The lowest BCUT2D eigenvalue weighted by molar-refractivity contribution is -0.137. The second kappa shape index (κ2) is 25.7. The summed E-state index contributed by atoms with van der Waals surface area (Å²) >= 11 is 0. The monoisotopic (exact) mass is 357 g/mol. The highest BCUT2D eigenvalue weighted by atomic mass is 16.4. The zero-order valence-corrected chi connectivity index (χ0v) is 17.4. The van der Waals surface area contributed by atoms with Crippen molar-refractivity contribution in [3.63, 3.8) is 0 Å². The van der Waals surface area contributed by atoms with Crippen LogP contribution in [0.4, 0.5) is 0 Å². The van der Waals surface area contributed by atoms with Crippen LogP contribution in [0.25, 0.3) is 0 Å². The number of unbranched alkanes of at least 4 members (excludes halogenated alkanes) is 15. The lowest BCUT2D eigenvalue weighted by Gasteiger charge is -2.03. The van der Waals surface area contributed by atoms with Crippen molar-refractivity contribution in [1.29, 1.82) is 0 Å². The van der Waals surface area contributed by atoms with Crippen LogP contribution in [0, 0.1) is 0 Å². The lowest BCUT2D eigenvalue weighted by Crippen LogP contribution is -1.95. The number of nitrogens with two attached hydrogens (primary N) is 1. The Morgan fingerprint density at radius 1 is 0.600 bits per heavy atom. The summed E-state index contributed by atoms with van der Waals surface area (Å²) in [4.78, 5) is 10.3. The minimum Gasteiger partial charge on any atom is -0.481 e. The maximum atomic E-state index is 10.3. The van der Waals surface area contributed by atoms with Crippen molar-refractivity contribution >= 4 is 5.97 Å². The third kappa shape index (κ3) is 31.7. The third-order valence-electron chi connectivity index (χ3n) is 4.55. The van der Waals surface area contributed by atoms with Gasteiger partial charge in [0.15, 0.2) is 0 Å².